The molecule has 0 nitrogen and oxygen atoms in total. The predicted octanol–water partition coefficient (Wildman–Crippen LogP) is 4.03. The lowest BCUT2D eigenvalue weighted by atomic mass is 10.0. The lowest BCUT2D eigenvalue weighted by molar-refractivity contribution is 1.21. The maximum Gasteiger partial charge on any atom is 0.0724 e. The normalized spacial score (nSPS) is 19.5. The van der Waals surface area contributed by atoms with Crippen LogP contribution >= 0.6 is 0 Å². The summed E-state index contributed by atoms with van der Waals surface area (Å²) in [4.78, 5) is 0. The van der Waals surface area contributed by atoms with E-state index in [1.54, 1.807) is 5.57 Å². The first-order chi connectivity index (χ1) is 6.58. The van der Waals surface area contributed by atoms with Crippen molar-refractivity contribution in [1.82, 2.24) is 0 Å². The molecule has 0 amide bonds. The molecule has 14 heavy (non-hydrogen) atoms. The van der Waals surface area contributed by atoms with Crippen LogP contribution in [-0.4, -0.2) is 8.07 Å². The Morgan fingerprint density at radius 2 is 1.86 bits per heavy atom. The fourth-order valence-electron chi connectivity index (χ4n) is 2.22. The molecule has 0 N–H and O–H groups in total. The summed E-state index contributed by atoms with van der Waals surface area (Å²) >= 11 is 0. The van der Waals surface area contributed by atoms with Crippen molar-refractivity contribution in [1.29, 1.82) is 0 Å². The first kappa shape index (κ1) is 9.72. The molecule has 0 saturated heterocycles. The highest BCUT2D eigenvalue weighted by atomic mass is 28.3. The van der Waals surface area contributed by atoms with Gasteiger partial charge in [-0.15, -0.1) is 0 Å². The predicted molar refractivity (Wildman–Crippen MR) is 66.1 cm³/mol. The summed E-state index contributed by atoms with van der Waals surface area (Å²) in [5, 5.41) is 0. The van der Waals surface area contributed by atoms with Gasteiger partial charge in [0, 0.05) is 0 Å². The second-order valence-electron chi connectivity index (χ2n) is 4.97. The molecule has 0 aliphatic carbocycles. The van der Waals surface area contributed by atoms with Gasteiger partial charge >= 0.3 is 0 Å². The molecule has 1 heterocycles. The molecular formula is C13H18Si. The third-order valence-electron chi connectivity index (χ3n) is 3.09. The topological polar surface area (TPSA) is 0 Å². The van der Waals surface area contributed by atoms with Crippen LogP contribution in [0.5, 0.6) is 0 Å². The Morgan fingerprint density at radius 1 is 1.14 bits per heavy atom. The maximum atomic E-state index is 2.58. The van der Waals surface area contributed by atoms with Crippen LogP contribution in [0.4, 0.5) is 0 Å². The molecule has 74 valence electrons. The molecular weight excluding hydrogens is 184 g/mol. The van der Waals surface area contributed by atoms with E-state index < -0.39 is 8.07 Å². The fourth-order valence-corrected chi connectivity index (χ4v) is 4.52. The fraction of sp³-hybridized carbons (Fsp3) is 0.385. The molecule has 0 radical (unpaired) electrons. The average molecular weight is 202 g/mol. The van der Waals surface area contributed by atoms with Gasteiger partial charge in [-0.25, -0.2) is 0 Å². The molecule has 0 bridgehead atoms. The molecule has 1 aliphatic heterocycles. The van der Waals surface area contributed by atoms with Crippen molar-refractivity contribution in [3.05, 3.63) is 41.1 Å². The van der Waals surface area contributed by atoms with Crippen molar-refractivity contribution >= 4 is 13.6 Å². The van der Waals surface area contributed by atoms with Gasteiger partial charge < -0.3 is 0 Å². The third-order valence-corrected chi connectivity index (χ3v) is 5.76. The van der Waals surface area contributed by atoms with E-state index >= 15 is 0 Å². The quantitative estimate of drug-likeness (QED) is 0.603. The Bertz CT molecular complexity index is 375. The van der Waals surface area contributed by atoms with Crippen molar-refractivity contribution in [2.24, 2.45) is 0 Å². The largest absolute Gasteiger partial charge is 0.0910 e. The van der Waals surface area contributed by atoms with E-state index in [2.05, 4.69) is 50.0 Å². The number of hydrogen-bond acceptors (Lipinski definition) is 0. The molecule has 0 atom stereocenters. The molecule has 1 aliphatic rings. The van der Waals surface area contributed by atoms with Crippen molar-refractivity contribution in [2.75, 3.05) is 0 Å². The molecule has 1 heteroatoms. The van der Waals surface area contributed by atoms with E-state index in [9.17, 15) is 0 Å². The van der Waals surface area contributed by atoms with Gasteiger partial charge in [0.15, 0.2) is 0 Å². The third kappa shape index (κ3) is 1.83. The van der Waals surface area contributed by atoms with Crippen LogP contribution in [-0.2, 0) is 0 Å². The van der Waals surface area contributed by atoms with E-state index in [1.807, 2.05) is 0 Å². The van der Waals surface area contributed by atoms with Gasteiger partial charge in [0.1, 0.15) is 0 Å². The standard InChI is InChI=1S/C13H18Si/c1-11-6-4-5-7-13(11)12-8-9-14(2,3)10-12/h4-7,10H,8-9H2,1-3H3. The van der Waals surface area contributed by atoms with E-state index in [1.165, 1.54) is 23.6 Å². The van der Waals surface area contributed by atoms with Gasteiger partial charge in [0.05, 0.1) is 8.07 Å². The summed E-state index contributed by atoms with van der Waals surface area (Å²) in [5.74, 6) is 0. The van der Waals surface area contributed by atoms with Gasteiger partial charge in [0.2, 0.25) is 0 Å². The Balaban J connectivity index is 2.38. The van der Waals surface area contributed by atoms with Crippen LogP contribution in [0.25, 0.3) is 5.57 Å². The summed E-state index contributed by atoms with van der Waals surface area (Å²) in [5.41, 5.74) is 7.07. The summed E-state index contributed by atoms with van der Waals surface area (Å²) < 4.78 is 0. The minimum atomic E-state index is -0.971. The number of benzene rings is 1. The van der Waals surface area contributed by atoms with Crippen LogP contribution in [0.15, 0.2) is 30.0 Å². The van der Waals surface area contributed by atoms with Crippen molar-refractivity contribution in [3.63, 3.8) is 0 Å². The van der Waals surface area contributed by atoms with Crippen LogP contribution in [0.2, 0.25) is 19.1 Å². The van der Waals surface area contributed by atoms with Gasteiger partial charge in [-0.1, -0.05) is 49.1 Å². The lowest BCUT2D eigenvalue weighted by Gasteiger charge is -2.08. The molecule has 0 aromatic heterocycles. The summed E-state index contributed by atoms with van der Waals surface area (Å²) in [6, 6.07) is 10.2. The Labute approximate surface area is 87.7 Å². The van der Waals surface area contributed by atoms with Crippen molar-refractivity contribution in [2.45, 2.75) is 32.5 Å². The maximum absolute atomic E-state index is 2.58. The molecule has 0 spiro atoms. The average Bonchev–Trinajstić information content (AvgIpc) is 2.47. The van der Waals surface area contributed by atoms with E-state index in [4.69, 9.17) is 0 Å². The van der Waals surface area contributed by atoms with Crippen LogP contribution < -0.4 is 0 Å². The molecule has 1 aromatic carbocycles. The zero-order valence-electron chi connectivity index (χ0n) is 9.30. The highest BCUT2D eigenvalue weighted by Crippen LogP contribution is 2.34. The first-order valence-electron chi connectivity index (χ1n) is 5.36. The number of aryl methyl sites for hydroxylation is 1. The SMILES string of the molecule is Cc1ccccc1C1=C[Si](C)(C)CC1. The van der Waals surface area contributed by atoms with E-state index in [0.717, 1.165) is 0 Å². The molecule has 0 unspecified atom stereocenters. The van der Waals surface area contributed by atoms with Gasteiger partial charge in [-0.05, 0) is 30.0 Å². The highest BCUT2D eigenvalue weighted by molar-refractivity contribution is 6.84. The number of allylic oxidation sites excluding steroid dienone is 1. The zero-order valence-corrected chi connectivity index (χ0v) is 10.3. The van der Waals surface area contributed by atoms with Gasteiger partial charge in [-0.3, -0.25) is 0 Å². The number of hydrogen-bond donors (Lipinski definition) is 0. The smallest absolute Gasteiger partial charge is 0.0724 e. The minimum Gasteiger partial charge on any atom is -0.0910 e. The zero-order chi connectivity index (χ0) is 10.2. The van der Waals surface area contributed by atoms with Crippen molar-refractivity contribution < 1.29 is 0 Å². The van der Waals surface area contributed by atoms with E-state index in [0.29, 0.717) is 0 Å². The molecule has 0 saturated carbocycles. The molecule has 1 aromatic rings. The van der Waals surface area contributed by atoms with Crippen molar-refractivity contribution in [3.8, 4) is 0 Å². The molecule has 0 fully saturated rings. The molecule has 2 rings (SSSR count). The highest BCUT2D eigenvalue weighted by Gasteiger charge is 2.25. The van der Waals surface area contributed by atoms with E-state index in [-0.39, 0.29) is 0 Å². The first-order valence-corrected chi connectivity index (χ1v) is 8.65. The Hall–Kier alpha value is -0.823. The van der Waals surface area contributed by atoms with Crippen LogP contribution in [0.3, 0.4) is 0 Å². The second kappa shape index (κ2) is 3.39. The van der Waals surface area contributed by atoms with Gasteiger partial charge in [-0.2, -0.15) is 0 Å². The Morgan fingerprint density at radius 3 is 2.43 bits per heavy atom. The van der Waals surface area contributed by atoms with Crippen LogP contribution in [0.1, 0.15) is 17.5 Å². The van der Waals surface area contributed by atoms with Crippen LogP contribution in [0, 0.1) is 6.92 Å². The second-order valence-corrected chi connectivity index (χ2v) is 9.74. The minimum absolute atomic E-state index is 0.971. The number of rotatable bonds is 1. The Kier molecular flexibility index (Phi) is 2.36. The summed E-state index contributed by atoms with van der Waals surface area (Å²) in [7, 11) is -0.971. The lowest BCUT2D eigenvalue weighted by Crippen LogP contribution is -2.17. The monoisotopic (exact) mass is 202 g/mol. The van der Waals surface area contributed by atoms with Gasteiger partial charge in [0.25, 0.3) is 0 Å². The summed E-state index contributed by atoms with van der Waals surface area (Å²) in [6.45, 7) is 7.12. The summed E-state index contributed by atoms with van der Waals surface area (Å²) in [6.07, 6.45) is 1.30.